The van der Waals surface area contributed by atoms with E-state index in [9.17, 15) is 9.90 Å². The van der Waals surface area contributed by atoms with Crippen LogP contribution in [0.3, 0.4) is 0 Å². The van der Waals surface area contributed by atoms with Crippen LogP contribution >= 0.6 is 11.6 Å². The zero-order chi connectivity index (χ0) is 14.0. The Bertz CT molecular complexity index is 641. The van der Waals surface area contributed by atoms with E-state index in [-0.39, 0.29) is 16.7 Å². The lowest BCUT2D eigenvalue weighted by molar-refractivity contribution is 0.0963. The molecule has 0 bridgehead atoms. The maximum atomic E-state index is 11.6. The van der Waals surface area contributed by atoms with Gasteiger partial charge in [0.1, 0.15) is 5.75 Å². The molecule has 0 atom stereocenters. The summed E-state index contributed by atoms with van der Waals surface area (Å²) in [5.74, 6) is -0.142. The molecule has 0 saturated heterocycles. The summed E-state index contributed by atoms with van der Waals surface area (Å²) >= 11 is 5.91. The topological polar surface area (TPSA) is 62.2 Å². The number of benzene rings is 1. The van der Waals surface area contributed by atoms with E-state index in [1.807, 2.05) is 6.92 Å². The van der Waals surface area contributed by atoms with E-state index in [2.05, 4.69) is 10.3 Å². The second-order valence-electron chi connectivity index (χ2n) is 4.13. The molecule has 1 aromatic heterocycles. The van der Waals surface area contributed by atoms with Crippen molar-refractivity contribution in [3.63, 3.8) is 0 Å². The number of carbonyl (C=O) groups is 1. The number of hydrogen-bond donors (Lipinski definition) is 2. The molecule has 0 unspecified atom stereocenters. The van der Waals surface area contributed by atoms with Gasteiger partial charge in [0.05, 0.1) is 10.7 Å². The first-order chi connectivity index (χ1) is 9.02. The van der Waals surface area contributed by atoms with Gasteiger partial charge in [0.15, 0.2) is 0 Å². The number of nitrogens with one attached hydrogen (secondary N) is 1. The van der Waals surface area contributed by atoms with E-state index in [4.69, 9.17) is 11.6 Å². The van der Waals surface area contributed by atoms with Crippen molar-refractivity contribution in [3.8, 4) is 17.0 Å². The molecule has 0 saturated carbocycles. The van der Waals surface area contributed by atoms with Crippen LogP contribution in [0.4, 0.5) is 0 Å². The van der Waals surface area contributed by atoms with Crippen LogP contribution in [0.15, 0.2) is 30.5 Å². The monoisotopic (exact) mass is 276 g/mol. The lowest BCUT2D eigenvalue weighted by atomic mass is 10.0. The second-order valence-corrected chi connectivity index (χ2v) is 4.53. The molecule has 98 valence electrons. The van der Waals surface area contributed by atoms with Crippen molar-refractivity contribution < 1.29 is 9.90 Å². The van der Waals surface area contributed by atoms with E-state index < -0.39 is 0 Å². The third-order valence-electron chi connectivity index (χ3n) is 2.82. The van der Waals surface area contributed by atoms with Gasteiger partial charge in [0.25, 0.3) is 5.91 Å². The molecule has 2 rings (SSSR count). The first-order valence-corrected chi connectivity index (χ1v) is 6.08. The molecule has 0 aliphatic carbocycles. The normalized spacial score (nSPS) is 10.3. The molecule has 0 radical (unpaired) electrons. The molecule has 0 spiro atoms. The Morgan fingerprint density at radius 2 is 2.11 bits per heavy atom. The zero-order valence-corrected chi connectivity index (χ0v) is 11.3. The summed E-state index contributed by atoms with van der Waals surface area (Å²) in [6.07, 6.45) is 1.57. The van der Waals surface area contributed by atoms with Crippen LogP contribution in [-0.4, -0.2) is 23.0 Å². The highest BCUT2D eigenvalue weighted by Gasteiger charge is 2.10. The molecule has 2 aromatic rings. The summed E-state index contributed by atoms with van der Waals surface area (Å²) in [6, 6.07) is 6.54. The van der Waals surface area contributed by atoms with Crippen molar-refractivity contribution in [2.75, 3.05) is 7.05 Å². The number of aryl methyl sites for hydroxylation is 1. The minimum Gasteiger partial charge on any atom is -0.506 e. The van der Waals surface area contributed by atoms with Crippen molar-refractivity contribution >= 4 is 17.5 Å². The van der Waals surface area contributed by atoms with E-state index in [0.29, 0.717) is 11.3 Å². The Balaban J connectivity index is 2.53. The van der Waals surface area contributed by atoms with Gasteiger partial charge < -0.3 is 10.4 Å². The highest BCUT2D eigenvalue weighted by molar-refractivity contribution is 6.32. The molecule has 1 aromatic carbocycles. The predicted octanol–water partition coefficient (Wildman–Crippen LogP) is 2.78. The maximum Gasteiger partial charge on any atom is 0.251 e. The predicted molar refractivity (Wildman–Crippen MR) is 74.5 cm³/mol. The SMILES string of the molecule is CNC(=O)c1ccnc(-c2cc(Cl)c(O)cc2C)c1. The van der Waals surface area contributed by atoms with Crippen LogP contribution in [0.5, 0.6) is 5.75 Å². The number of hydrogen-bond acceptors (Lipinski definition) is 3. The maximum absolute atomic E-state index is 11.6. The quantitative estimate of drug-likeness (QED) is 0.887. The number of rotatable bonds is 2. The number of aromatic hydroxyl groups is 1. The van der Waals surface area contributed by atoms with E-state index >= 15 is 0 Å². The molecule has 1 amide bonds. The minimum atomic E-state index is -0.175. The Kier molecular flexibility index (Phi) is 3.71. The molecule has 5 heteroatoms. The Morgan fingerprint density at radius 3 is 2.79 bits per heavy atom. The Hall–Kier alpha value is -2.07. The second kappa shape index (κ2) is 5.28. The summed E-state index contributed by atoms with van der Waals surface area (Å²) < 4.78 is 0. The first-order valence-electron chi connectivity index (χ1n) is 5.70. The number of halogens is 1. The molecule has 0 aliphatic heterocycles. The standard InChI is InChI=1S/C14H13ClN2O2/c1-8-5-13(18)11(15)7-10(8)12-6-9(3-4-17-12)14(19)16-2/h3-7,18H,1-2H3,(H,16,19). The number of amides is 1. The molecule has 1 heterocycles. The number of carbonyl (C=O) groups excluding carboxylic acids is 1. The average Bonchev–Trinajstić information content (AvgIpc) is 2.42. The highest BCUT2D eigenvalue weighted by atomic mass is 35.5. The van der Waals surface area contributed by atoms with Crippen molar-refractivity contribution in [1.29, 1.82) is 0 Å². The van der Waals surface area contributed by atoms with Gasteiger partial charge in [-0.3, -0.25) is 9.78 Å². The van der Waals surface area contributed by atoms with Crippen molar-refractivity contribution in [2.24, 2.45) is 0 Å². The van der Waals surface area contributed by atoms with Gasteiger partial charge in [-0.25, -0.2) is 0 Å². The van der Waals surface area contributed by atoms with E-state index in [0.717, 1.165) is 11.1 Å². The van der Waals surface area contributed by atoms with Gasteiger partial charge in [-0.15, -0.1) is 0 Å². The molecular formula is C14H13ClN2O2. The van der Waals surface area contributed by atoms with Crippen LogP contribution in [0, 0.1) is 6.92 Å². The number of phenols is 1. The summed E-state index contributed by atoms with van der Waals surface area (Å²) in [6.45, 7) is 1.85. The molecule has 19 heavy (non-hydrogen) atoms. The van der Waals surface area contributed by atoms with Crippen molar-refractivity contribution in [3.05, 3.63) is 46.6 Å². The van der Waals surface area contributed by atoms with Crippen LogP contribution in [0.1, 0.15) is 15.9 Å². The third kappa shape index (κ3) is 2.69. The molecule has 0 aliphatic rings. The average molecular weight is 277 g/mol. The minimum absolute atomic E-state index is 0.0328. The van der Waals surface area contributed by atoms with Gasteiger partial charge >= 0.3 is 0 Å². The van der Waals surface area contributed by atoms with Crippen LogP contribution < -0.4 is 5.32 Å². The molecule has 0 fully saturated rings. The first kappa shape index (κ1) is 13.4. The summed E-state index contributed by atoms with van der Waals surface area (Å²) in [4.78, 5) is 15.8. The molecular weight excluding hydrogens is 264 g/mol. The smallest absolute Gasteiger partial charge is 0.251 e. The number of aromatic nitrogens is 1. The fraction of sp³-hybridized carbons (Fsp3) is 0.143. The zero-order valence-electron chi connectivity index (χ0n) is 10.6. The highest BCUT2D eigenvalue weighted by Crippen LogP contribution is 2.32. The largest absolute Gasteiger partial charge is 0.506 e. The number of nitrogens with zero attached hydrogens (tertiary/aromatic N) is 1. The lowest BCUT2D eigenvalue weighted by Crippen LogP contribution is -2.17. The van der Waals surface area contributed by atoms with Gasteiger partial charge in [-0.2, -0.15) is 0 Å². The van der Waals surface area contributed by atoms with Gasteiger partial charge in [-0.1, -0.05) is 11.6 Å². The van der Waals surface area contributed by atoms with Gasteiger partial charge in [0.2, 0.25) is 0 Å². The van der Waals surface area contributed by atoms with Crippen LogP contribution in [-0.2, 0) is 0 Å². The van der Waals surface area contributed by atoms with Gasteiger partial charge in [-0.05, 0) is 36.8 Å². The van der Waals surface area contributed by atoms with Crippen molar-refractivity contribution in [2.45, 2.75) is 6.92 Å². The fourth-order valence-corrected chi connectivity index (χ4v) is 1.97. The van der Waals surface area contributed by atoms with Crippen LogP contribution in [0.2, 0.25) is 5.02 Å². The number of phenolic OH excluding ortho intramolecular Hbond substituents is 1. The van der Waals surface area contributed by atoms with Crippen molar-refractivity contribution in [1.82, 2.24) is 10.3 Å². The lowest BCUT2D eigenvalue weighted by Gasteiger charge is -2.08. The van der Waals surface area contributed by atoms with Gasteiger partial charge in [0, 0.05) is 24.4 Å². The summed E-state index contributed by atoms with van der Waals surface area (Å²) in [5.41, 5.74) is 2.79. The Labute approximate surface area is 116 Å². The summed E-state index contributed by atoms with van der Waals surface area (Å²) in [5, 5.41) is 12.4. The summed E-state index contributed by atoms with van der Waals surface area (Å²) in [7, 11) is 1.57. The molecule has 4 nitrogen and oxygen atoms in total. The molecule has 2 N–H and O–H groups in total. The Morgan fingerprint density at radius 1 is 1.37 bits per heavy atom. The fourth-order valence-electron chi connectivity index (χ4n) is 1.81. The van der Waals surface area contributed by atoms with E-state index in [1.165, 1.54) is 0 Å². The van der Waals surface area contributed by atoms with Crippen LogP contribution in [0.25, 0.3) is 11.3 Å². The third-order valence-corrected chi connectivity index (χ3v) is 3.12. The van der Waals surface area contributed by atoms with E-state index in [1.54, 1.807) is 37.5 Å². The number of pyridine rings is 1.